The summed E-state index contributed by atoms with van der Waals surface area (Å²) in [7, 11) is 1.94. The summed E-state index contributed by atoms with van der Waals surface area (Å²) >= 11 is 0. The lowest BCUT2D eigenvalue weighted by atomic mass is 9.94. The Morgan fingerprint density at radius 3 is 2.85 bits per heavy atom. The van der Waals surface area contributed by atoms with Gasteiger partial charge in [-0.1, -0.05) is 19.3 Å². The summed E-state index contributed by atoms with van der Waals surface area (Å²) in [5, 5.41) is 7.56. The van der Waals surface area contributed by atoms with Crippen LogP contribution in [0, 0.1) is 5.92 Å². The number of likely N-dealkylation sites (tertiary alicyclic amines) is 1. The largest absolute Gasteiger partial charge is 0.372 e. The standard InChI is InChI=1S/C20H32N4O2/c1-23-18(7-10-21-23)19-13-16(9-12-26-19)22-20(25)15-8-11-24(14-15)17-5-3-2-4-6-17/h7,10,15-17,19H,2-6,8-9,11-14H2,1H3,(H,22,25). The minimum atomic E-state index is 0.0314. The van der Waals surface area contributed by atoms with Crippen LogP contribution >= 0.6 is 0 Å². The molecule has 1 aliphatic carbocycles. The van der Waals surface area contributed by atoms with E-state index in [1.165, 1.54) is 32.1 Å². The van der Waals surface area contributed by atoms with Crippen LogP contribution in [-0.4, -0.2) is 52.4 Å². The molecule has 3 atom stereocenters. The van der Waals surface area contributed by atoms with E-state index < -0.39 is 0 Å². The highest BCUT2D eigenvalue weighted by molar-refractivity contribution is 5.79. The number of carbonyl (C=O) groups excluding carboxylic acids is 1. The molecule has 1 amide bonds. The van der Waals surface area contributed by atoms with Gasteiger partial charge in [0.25, 0.3) is 0 Å². The molecule has 1 saturated carbocycles. The van der Waals surface area contributed by atoms with Gasteiger partial charge in [-0.2, -0.15) is 5.10 Å². The van der Waals surface area contributed by atoms with Gasteiger partial charge in [-0.3, -0.25) is 14.4 Å². The van der Waals surface area contributed by atoms with Crippen molar-refractivity contribution >= 4 is 5.91 Å². The maximum absolute atomic E-state index is 12.8. The average molecular weight is 361 g/mol. The van der Waals surface area contributed by atoms with Crippen molar-refractivity contribution < 1.29 is 9.53 Å². The topological polar surface area (TPSA) is 59.4 Å². The second-order valence-corrected chi connectivity index (χ2v) is 8.24. The molecule has 26 heavy (non-hydrogen) atoms. The number of rotatable bonds is 4. The fraction of sp³-hybridized carbons (Fsp3) is 0.800. The van der Waals surface area contributed by atoms with Crippen molar-refractivity contribution in [2.24, 2.45) is 13.0 Å². The lowest BCUT2D eigenvalue weighted by molar-refractivity contribution is -0.126. The monoisotopic (exact) mass is 360 g/mol. The number of carbonyl (C=O) groups is 1. The summed E-state index contributed by atoms with van der Waals surface area (Å²) in [6.07, 6.45) is 11.3. The van der Waals surface area contributed by atoms with Crippen LogP contribution in [0.1, 0.15) is 63.2 Å². The first kappa shape index (κ1) is 18.0. The average Bonchev–Trinajstić information content (AvgIpc) is 3.32. The summed E-state index contributed by atoms with van der Waals surface area (Å²) in [5.74, 6) is 0.411. The number of aryl methyl sites for hydroxylation is 1. The third-order valence-corrected chi connectivity index (χ3v) is 6.50. The fourth-order valence-corrected chi connectivity index (χ4v) is 4.93. The Morgan fingerprint density at radius 1 is 1.23 bits per heavy atom. The van der Waals surface area contributed by atoms with Crippen LogP contribution in [0.2, 0.25) is 0 Å². The van der Waals surface area contributed by atoms with Gasteiger partial charge in [-0.25, -0.2) is 0 Å². The lowest BCUT2D eigenvalue weighted by Crippen LogP contribution is -2.44. The first-order valence-corrected chi connectivity index (χ1v) is 10.3. The van der Waals surface area contributed by atoms with E-state index in [-0.39, 0.29) is 24.0 Å². The maximum atomic E-state index is 12.8. The molecule has 1 aromatic rings. The van der Waals surface area contributed by atoms with E-state index in [1.54, 1.807) is 6.20 Å². The van der Waals surface area contributed by atoms with Crippen LogP contribution in [0.5, 0.6) is 0 Å². The van der Waals surface area contributed by atoms with E-state index in [9.17, 15) is 4.79 Å². The van der Waals surface area contributed by atoms with E-state index >= 15 is 0 Å². The molecule has 1 aromatic heterocycles. The maximum Gasteiger partial charge on any atom is 0.224 e. The highest BCUT2D eigenvalue weighted by Gasteiger charge is 2.34. The molecule has 3 heterocycles. The normalized spacial score (nSPS) is 31.2. The molecule has 0 aromatic carbocycles. The first-order chi connectivity index (χ1) is 12.7. The number of nitrogens with zero attached hydrogens (tertiary/aromatic N) is 3. The third kappa shape index (κ3) is 3.96. The molecule has 1 N–H and O–H groups in total. The fourth-order valence-electron chi connectivity index (χ4n) is 4.93. The number of aromatic nitrogens is 2. The molecule has 6 heteroatoms. The number of nitrogens with one attached hydrogen (secondary N) is 1. The quantitative estimate of drug-likeness (QED) is 0.896. The summed E-state index contributed by atoms with van der Waals surface area (Å²) in [5.41, 5.74) is 1.09. The van der Waals surface area contributed by atoms with Gasteiger partial charge in [0.15, 0.2) is 0 Å². The van der Waals surface area contributed by atoms with E-state index in [2.05, 4.69) is 15.3 Å². The zero-order valence-electron chi connectivity index (χ0n) is 15.9. The van der Waals surface area contributed by atoms with Gasteiger partial charge in [0.2, 0.25) is 5.91 Å². The van der Waals surface area contributed by atoms with Crippen LogP contribution in [-0.2, 0) is 16.6 Å². The molecule has 4 rings (SSSR count). The highest BCUT2D eigenvalue weighted by atomic mass is 16.5. The van der Waals surface area contributed by atoms with Crippen molar-refractivity contribution in [3.8, 4) is 0 Å². The van der Waals surface area contributed by atoms with Crippen molar-refractivity contribution in [2.45, 2.75) is 69.6 Å². The van der Waals surface area contributed by atoms with Crippen LogP contribution in [0.15, 0.2) is 12.3 Å². The van der Waals surface area contributed by atoms with Crippen LogP contribution in [0.3, 0.4) is 0 Å². The van der Waals surface area contributed by atoms with Crippen molar-refractivity contribution in [3.05, 3.63) is 18.0 Å². The molecular formula is C20H32N4O2. The van der Waals surface area contributed by atoms with Crippen molar-refractivity contribution in [1.82, 2.24) is 20.0 Å². The van der Waals surface area contributed by atoms with E-state index in [4.69, 9.17) is 4.74 Å². The molecule has 2 aliphatic heterocycles. The smallest absolute Gasteiger partial charge is 0.224 e. The highest BCUT2D eigenvalue weighted by Crippen LogP contribution is 2.30. The summed E-state index contributed by atoms with van der Waals surface area (Å²) in [6.45, 7) is 2.73. The first-order valence-electron chi connectivity index (χ1n) is 10.3. The van der Waals surface area contributed by atoms with Gasteiger partial charge in [0.1, 0.15) is 6.10 Å². The predicted molar refractivity (Wildman–Crippen MR) is 99.6 cm³/mol. The minimum Gasteiger partial charge on any atom is -0.372 e. The Hall–Kier alpha value is -1.40. The molecule has 6 nitrogen and oxygen atoms in total. The molecule has 3 unspecified atom stereocenters. The Balaban J connectivity index is 1.28. The number of amides is 1. The van der Waals surface area contributed by atoms with Gasteiger partial charge < -0.3 is 10.1 Å². The lowest BCUT2D eigenvalue weighted by Gasteiger charge is -2.32. The third-order valence-electron chi connectivity index (χ3n) is 6.50. The number of hydrogen-bond acceptors (Lipinski definition) is 4. The molecule has 3 fully saturated rings. The van der Waals surface area contributed by atoms with Crippen LogP contribution in [0.25, 0.3) is 0 Å². The zero-order valence-corrected chi connectivity index (χ0v) is 15.9. The molecule has 3 aliphatic rings. The predicted octanol–water partition coefficient (Wildman–Crippen LogP) is 2.41. The van der Waals surface area contributed by atoms with Gasteiger partial charge in [-0.05, 0) is 44.7 Å². The molecule has 144 valence electrons. The molecule has 0 radical (unpaired) electrons. The van der Waals surface area contributed by atoms with Crippen molar-refractivity contribution in [2.75, 3.05) is 19.7 Å². The summed E-state index contributed by atoms with van der Waals surface area (Å²) in [4.78, 5) is 15.4. The van der Waals surface area contributed by atoms with Crippen molar-refractivity contribution in [1.29, 1.82) is 0 Å². The Labute approximate surface area is 156 Å². The zero-order chi connectivity index (χ0) is 17.9. The molecule has 0 spiro atoms. The molecular weight excluding hydrogens is 328 g/mol. The van der Waals surface area contributed by atoms with Gasteiger partial charge in [-0.15, -0.1) is 0 Å². The van der Waals surface area contributed by atoms with Gasteiger partial charge in [0, 0.05) is 38.5 Å². The van der Waals surface area contributed by atoms with E-state index in [0.29, 0.717) is 6.61 Å². The minimum absolute atomic E-state index is 0.0314. The Kier molecular flexibility index (Phi) is 5.60. The van der Waals surface area contributed by atoms with Crippen molar-refractivity contribution in [3.63, 3.8) is 0 Å². The molecule has 0 bridgehead atoms. The number of ether oxygens (including phenoxy) is 1. The van der Waals surface area contributed by atoms with E-state index in [0.717, 1.165) is 44.1 Å². The second-order valence-electron chi connectivity index (χ2n) is 8.24. The molecule has 2 saturated heterocycles. The van der Waals surface area contributed by atoms with Crippen LogP contribution in [0.4, 0.5) is 0 Å². The van der Waals surface area contributed by atoms with E-state index in [1.807, 2.05) is 17.8 Å². The second kappa shape index (κ2) is 8.09. The van der Waals surface area contributed by atoms with Crippen LogP contribution < -0.4 is 5.32 Å². The number of hydrogen-bond donors (Lipinski definition) is 1. The summed E-state index contributed by atoms with van der Waals surface area (Å²) < 4.78 is 7.79. The van der Waals surface area contributed by atoms with Gasteiger partial charge >= 0.3 is 0 Å². The Morgan fingerprint density at radius 2 is 2.08 bits per heavy atom. The summed E-state index contributed by atoms with van der Waals surface area (Å²) in [6, 6.07) is 2.94. The SMILES string of the molecule is Cn1nccc1C1CC(NC(=O)C2CCN(C3CCCCC3)C2)CCO1. The Bertz CT molecular complexity index is 611. The van der Waals surface area contributed by atoms with Gasteiger partial charge in [0.05, 0.1) is 11.6 Å².